The van der Waals surface area contributed by atoms with Crippen molar-refractivity contribution in [1.82, 2.24) is 4.98 Å². The summed E-state index contributed by atoms with van der Waals surface area (Å²) in [6, 6.07) is 2.48. The zero-order valence-corrected chi connectivity index (χ0v) is 9.32. The van der Waals surface area contributed by atoms with Gasteiger partial charge in [-0.1, -0.05) is 13.8 Å². The van der Waals surface area contributed by atoms with Gasteiger partial charge in [0.25, 0.3) is 0 Å². The van der Waals surface area contributed by atoms with E-state index in [4.69, 9.17) is 0 Å². The van der Waals surface area contributed by atoms with Crippen molar-refractivity contribution in [3.8, 4) is 0 Å². The summed E-state index contributed by atoms with van der Waals surface area (Å²) in [5, 5.41) is 1.01. The highest BCUT2D eigenvalue weighted by molar-refractivity contribution is 7.99. The second-order valence-corrected chi connectivity index (χ2v) is 4.68. The molecule has 0 aliphatic rings. The van der Waals surface area contributed by atoms with E-state index in [2.05, 4.69) is 4.98 Å². The van der Waals surface area contributed by atoms with Crippen molar-refractivity contribution < 1.29 is 13.2 Å². The molecule has 5 heteroatoms. The van der Waals surface area contributed by atoms with E-state index >= 15 is 0 Å². The number of aromatic nitrogens is 1. The number of nitrogens with zero attached hydrogens (tertiary/aromatic N) is 1. The highest BCUT2D eigenvalue weighted by atomic mass is 32.2. The molecule has 0 fully saturated rings. The molecule has 0 saturated carbocycles. The fraction of sp³-hybridized carbons (Fsp3) is 0.500. The first-order valence-corrected chi connectivity index (χ1v) is 5.51. The second kappa shape index (κ2) is 4.88. The quantitative estimate of drug-likeness (QED) is 0.735. The molecule has 0 amide bonds. The smallest absolute Gasteiger partial charge is 0.249 e. The summed E-state index contributed by atoms with van der Waals surface area (Å²) in [5.41, 5.74) is -0.698. The lowest BCUT2D eigenvalue weighted by Gasteiger charge is -2.09. The van der Waals surface area contributed by atoms with Crippen molar-refractivity contribution in [3.63, 3.8) is 0 Å². The van der Waals surface area contributed by atoms with Crippen molar-refractivity contribution in [3.05, 3.63) is 23.9 Å². The van der Waals surface area contributed by atoms with E-state index in [0.717, 1.165) is 18.7 Å². The predicted octanol–water partition coefficient (Wildman–Crippen LogP) is 3.99. The molecule has 0 radical (unpaired) electrons. The van der Waals surface area contributed by atoms with Gasteiger partial charge >= 0.3 is 6.18 Å². The predicted molar refractivity (Wildman–Crippen MR) is 54.8 cm³/mol. The maximum Gasteiger partial charge on any atom is 0.417 e. The monoisotopic (exact) mass is 235 g/mol. The summed E-state index contributed by atoms with van der Waals surface area (Å²) in [7, 11) is 0. The van der Waals surface area contributed by atoms with Crippen LogP contribution in [0.4, 0.5) is 13.2 Å². The van der Waals surface area contributed by atoms with Gasteiger partial charge in [0.2, 0.25) is 0 Å². The number of pyridine rings is 1. The SMILES string of the molecule is CCC(C)Sc1ccc(C(F)(F)F)cn1. The largest absolute Gasteiger partial charge is 0.417 e. The van der Waals surface area contributed by atoms with Crippen LogP contribution in [0.15, 0.2) is 23.4 Å². The molecule has 1 heterocycles. The van der Waals surface area contributed by atoms with E-state index in [0.29, 0.717) is 10.3 Å². The molecule has 1 atom stereocenters. The van der Waals surface area contributed by atoms with Crippen molar-refractivity contribution in [2.45, 2.75) is 36.7 Å². The summed E-state index contributed by atoms with van der Waals surface area (Å²) >= 11 is 1.48. The maximum atomic E-state index is 12.2. The van der Waals surface area contributed by atoms with Crippen LogP contribution in [0, 0.1) is 0 Å². The molecule has 1 nitrogen and oxygen atoms in total. The Morgan fingerprint density at radius 3 is 2.47 bits per heavy atom. The molecule has 0 aliphatic heterocycles. The molecule has 0 aromatic carbocycles. The highest BCUT2D eigenvalue weighted by Crippen LogP contribution is 2.30. The number of hydrogen-bond acceptors (Lipinski definition) is 2. The first kappa shape index (κ1) is 12.4. The summed E-state index contributed by atoms with van der Waals surface area (Å²) in [6.45, 7) is 4.05. The van der Waals surface area contributed by atoms with Crippen LogP contribution in [-0.2, 0) is 6.18 Å². The third kappa shape index (κ3) is 3.74. The Bertz CT molecular complexity index is 307. The number of alkyl halides is 3. The molecule has 1 unspecified atom stereocenters. The zero-order chi connectivity index (χ0) is 11.5. The Labute approximate surface area is 91.1 Å². The van der Waals surface area contributed by atoms with Gasteiger partial charge in [0, 0.05) is 11.4 Å². The normalized spacial score (nSPS) is 13.9. The van der Waals surface area contributed by atoms with Gasteiger partial charge in [0.15, 0.2) is 0 Å². The first-order valence-electron chi connectivity index (χ1n) is 4.63. The van der Waals surface area contributed by atoms with Gasteiger partial charge in [-0.15, -0.1) is 11.8 Å². The molecule has 0 saturated heterocycles. The van der Waals surface area contributed by atoms with Gasteiger partial charge in [0.1, 0.15) is 0 Å². The molecule has 1 aromatic heterocycles. The average Bonchev–Trinajstić information content (AvgIpc) is 2.17. The van der Waals surface area contributed by atoms with Gasteiger partial charge < -0.3 is 0 Å². The van der Waals surface area contributed by atoms with E-state index in [1.54, 1.807) is 0 Å². The van der Waals surface area contributed by atoms with Crippen LogP contribution in [0.5, 0.6) is 0 Å². The molecule has 0 aliphatic carbocycles. The van der Waals surface area contributed by atoms with Crippen LogP contribution in [0.1, 0.15) is 25.8 Å². The minimum Gasteiger partial charge on any atom is -0.249 e. The number of thioether (sulfide) groups is 1. The fourth-order valence-electron chi connectivity index (χ4n) is 0.907. The van der Waals surface area contributed by atoms with Crippen molar-refractivity contribution in [2.24, 2.45) is 0 Å². The molecule has 84 valence electrons. The van der Waals surface area contributed by atoms with Gasteiger partial charge in [0.05, 0.1) is 10.6 Å². The number of hydrogen-bond donors (Lipinski definition) is 0. The van der Waals surface area contributed by atoms with Crippen LogP contribution in [0.3, 0.4) is 0 Å². The third-order valence-electron chi connectivity index (χ3n) is 1.96. The lowest BCUT2D eigenvalue weighted by atomic mass is 10.3. The van der Waals surface area contributed by atoms with Gasteiger partial charge in [-0.05, 0) is 18.6 Å². The van der Waals surface area contributed by atoms with Crippen LogP contribution in [-0.4, -0.2) is 10.2 Å². The van der Waals surface area contributed by atoms with Crippen molar-refractivity contribution >= 4 is 11.8 Å². The standard InChI is InChI=1S/C10H12F3NS/c1-3-7(2)15-9-5-4-8(6-14-9)10(11,12)13/h4-7H,3H2,1-2H3. The second-order valence-electron chi connectivity index (χ2n) is 3.22. The summed E-state index contributed by atoms with van der Waals surface area (Å²) in [4.78, 5) is 3.78. The molecule has 0 N–H and O–H groups in total. The summed E-state index contributed by atoms with van der Waals surface area (Å²) < 4.78 is 36.6. The first-order chi connectivity index (χ1) is 6.93. The van der Waals surface area contributed by atoms with Crippen molar-refractivity contribution in [2.75, 3.05) is 0 Å². The number of halogens is 3. The Morgan fingerprint density at radius 2 is 2.07 bits per heavy atom. The van der Waals surface area contributed by atoms with E-state index < -0.39 is 11.7 Å². The molecular formula is C10H12F3NS. The van der Waals surface area contributed by atoms with Crippen LogP contribution in [0.2, 0.25) is 0 Å². The van der Waals surface area contributed by atoms with Gasteiger partial charge in [-0.3, -0.25) is 0 Å². The van der Waals surface area contributed by atoms with Gasteiger partial charge in [-0.25, -0.2) is 4.98 Å². The molecule has 1 rings (SSSR count). The Balaban J connectivity index is 2.73. The van der Waals surface area contributed by atoms with E-state index in [1.807, 2.05) is 13.8 Å². The Hall–Kier alpha value is -0.710. The number of rotatable bonds is 3. The maximum absolute atomic E-state index is 12.2. The molecule has 15 heavy (non-hydrogen) atoms. The van der Waals surface area contributed by atoms with Crippen LogP contribution in [0.25, 0.3) is 0 Å². The summed E-state index contributed by atoms with van der Waals surface area (Å²) in [6.07, 6.45) is -2.45. The van der Waals surface area contributed by atoms with E-state index in [9.17, 15) is 13.2 Å². The lowest BCUT2D eigenvalue weighted by molar-refractivity contribution is -0.137. The third-order valence-corrected chi connectivity index (χ3v) is 3.18. The van der Waals surface area contributed by atoms with Crippen molar-refractivity contribution in [1.29, 1.82) is 0 Å². The highest BCUT2D eigenvalue weighted by Gasteiger charge is 2.30. The van der Waals surface area contributed by atoms with Crippen LogP contribution < -0.4 is 0 Å². The Kier molecular flexibility index (Phi) is 4.02. The molecule has 0 spiro atoms. The fourth-order valence-corrected chi connectivity index (χ4v) is 1.75. The molecular weight excluding hydrogens is 223 g/mol. The minimum atomic E-state index is -4.30. The molecule has 1 aromatic rings. The average molecular weight is 235 g/mol. The molecule has 0 bridgehead atoms. The van der Waals surface area contributed by atoms with E-state index in [1.165, 1.54) is 17.8 Å². The van der Waals surface area contributed by atoms with Crippen LogP contribution >= 0.6 is 11.8 Å². The Morgan fingerprint density at radius 1 is 1.40 bits per heavy atom. The van der Waals surface area contributed by atoms with Gasteiger partial charge in [-0.2, -0.15) is 13.2 Å². The summed E-state index contributed by atoms with van der Waals surface area (Å²) in [5.74, 6) is 0. The lowest BCUT2D eigenvalue weighted by Crippen LogP contribution is -2.05. The topological polar surface area (TPSA) is 12.9 Å². The van der Waals surface area contributed by atoms with E-state index in [-0.39, 0.29) is 0 Å². The minimum absolute atomic E-state index is 0.370. The zero-order valence-electron chi connectivity index (χ0n) is 8.51.